The zero-order chi connectivity index (χ0) is 15.7. The molecule has 0 radical (unpaired) electrons. The average molecular weight is 315 g/mol. The number of ether oxygens (including phenoxy) is 1. The lowest BCUT2D eigenvalue weighted by Crippen LogP contribution is -2.10. The summed E-state index contributed by atoms with van der Waals surface area (Å²) in [6.07, 6.45) is 0. The monoisotopic (exact) mass is 314 g/mol. The summed E-state index contributed by atoms with van der Waals surface area (Å²) >= 11 is 6.25. The highest BCUT2D eigenvalue weighted by Gasteiger charge is 2.19. The van der Waals surface area contributed by atoms with E-state index in [4.69, 9.17) is 20.8 Å². The molecule has 0 fully saturated rings. The summed E-state index contributed by atoms with van der Waals surface area (Å²) in [4.78, 5) is 12.7. The van der Waals surface area contributed by atoms with Crippen LogP contribution in [-0.2, 0) is 0 Å². The molecule has 0 atom stereocenters. The summed E-state index contributed by atoms with van der Waals surface area (Å²) in [6, 6.07) is 12.7. The lowest BCUT2D eigenvalue weighted by atomic mass is 10.1. The van der Waals surface area contributed by atoms with Crippen molar-refractivity contribution in [1.82, 2.24) is 0 Å². The van der Waals surface area contributed by atoms with Gasteiger partial charge in [-0.3, -0.25) is 4.79 Å². The second-order valence-corrected chi connectivity index (χ2v) is 5.41. The van der Waals surface area contributed by atoms with Gasteiger partial charge in [-0.25, -0.2) is 0 Å². The van der Waals surface area contributed by atoms with Gasteiger partial charge in [-0.1, -0.05) is 29.8 Å². The zero-order valence-corrected chi connectivity index (χ0v) is 13.1. The van der Waals surface area contributed by atoms with Crippen molar-refractivity contribution >= 4 is 22.6 Å². The van der Waals surface area contributed by atoms with E-state index in [1.54, 1.807) is 12.1 Å². The van der Waals surface area contributed by atoms with Crippen LogP contribution in [0.2, 0.25) is 5.02 Å². The third kappa shape index (κ3) is 2.48. The molecule has 3 aromatic rings. The van der Waals surface area contributed by atoms with Crippen LogP contribution in [0.5, 0.6) is 5.75 Å². The molecule has 4 heteroatoms. The Morgan fingerprint density at radius 2 is 1.95 bits per heavy atom. The summed E-state index contributed by atoms with van der Waals surface area (Å²) in [5.41, 5.74) is 2.01. The lowest BCUT2D eigenvalue weighted by molar-refractivity contribution is 0.330. The van der Waals surface area contributed by atoms with E-state index in [2.05, 4.69) is 0 Å². The van der Waals surface area contributed by atoms with Crippen LogP contribution >= 0.6 is 11.6 Å². The van der Waals surface area contributed by atoms with Crippen LogP contribution in [0.25, 0.3) is 22.3 Å². The Morgan fingerprint density at radius 3 is 2.68 bits per heavy atom. The molecule has 0 amide bonds. The van der Waals surface area contributed by atoms with Gasteiger partial charge in [0.25, 0.3) is 0 Å². The van der Waals surface area contributed by atoms with E-state index in [-0.39, 0.29) is 11.2 Å². The van der Waals surface area contributed by atoms with Crippen LogP contribution in [-0.4, -0.2) is 6.61 Å². The maximum absolute atomic E-state index is 12.7. The molecule has 0 unspecified atom stereocenters. The fourth-order valence-corrected chi connectivity index (χ4v) is 2.60. The lowest BCUT2D eigenvalue weighted by Gasteiger charge is -2.11. The molecule has 0 aliphatic rings. The van der Waals surface area contributed by atoms with E-state index in [1.807, 2.05) is 44.2 Å². The quantitative estimate of drug-likeness (QED) is 0.695. The normalized spacial score (nSPS) is 10.9. The van der Waals surface area contributed by atoms with Crippen LogP contribution in [0, 0.1) is 6.92 Å². The SMILES string of the molecule is CCOc1c(-c2ccccc2Cl)oc2cc(C)ccc2c1=O. The molecule has 0 saturated carbocycles. The van der Waals surface area contributed by atoms with Gasteiger partial charge in [-0.2, -0.15) is 0 Å². The van der Waals surface area contributed by atoms with Crippen molar-refractivity contribution in [2.24, 2.45) is 0 Å². The third-order valence-corrected chi connectivity index (χ3v) is 3.74. The first-order chi connectivity index (χ1) is 10.6. The molecule has 0 spiro atoms. The molecule has 1 heterocycles. The highest BCUT2D eigenvalue weighted by Crippen LogP contribution is 2.35. The summed E-state index contributed by atoms with van der Waals surface area (Å²) in [5, 5.41) is 1.02. The highest BCUT2D eigenvalue weighted by atomic mass is 35.5. The van der Waals surface area contributed by atoms with E-state index in [9.17, 15) is 4.79 Å². The number of hydrogen-bond donors (Lipinski definition) is 0. The number of fused-ring (bicyclic) bond motifs is 1. The van der Waals surface area contributed by atoms with Crippen molar-refractivity contribution in [3.8, 4) is 17.1 Å². The van der Waals surface area contributed by atoms with E-state index in [0.717, 1.165) is 5.56 Å². The minimum Gasteiger partial charge on any atom is -0.487 e. The first kappa shape index (κ1) is 14.7. The molecule has 3 rings (SSSR count). The number of halogens is 1. The van der Waals surface area contributed by atoms with Crippen molar-refractivity contribution < 1.29 is 9.15 Å². The first-order valence-electron chi connectivity index (χ1n) is 7.07. The van der Waals surface area contributed by atoms with Crippen molar-refractivity contribution in [3.05, 3.63) is 63.3 Å². The van der Waals surface area contributed by atoms with E-state index in [0.29, 0.717) is 33.9 Å². The number of aryl methyl sites for hydroxylation is 1. The Labute approximate surface area is 133 Å². The molecule has 1 aromatic heterocycles. The van der Waals surface area contributed by atoms with Crippen molar-refractivity contribution in [1.29, 1.82) is 0 Å². The molecule has 2 aromatic carbocycles. The largest absolute Gasteiger partial charge is 0.487 e. The zero-order valence-electron chi connectivity index (χ0n) is 12.4. The Morgan fingerprint density at radius 1 is 1.18 bits per heavy atom. The standard InChI is InChI=1S/C18H15ClO3/c1-3-21-18-16(20)13-9-8-11(2)10-15(13)22-17(18)12-6-4-5-7-14(12)19/h4-10H,3H2,1-2H3. The summed E-state index contributed by atoms with van der Waals surface area (Å²) < 4.78 is 11.5. The van der Waals surface area contributed by atoms with Gasteiger partial charge in [0.05, 0.1) is 17.0 Å². The maximum atomic E-state index is 12.7. The van der Waals surface area contributed by atoms with Crippen LogP contribution in [0.3, 0.4) is 0 Å². The first-order valence-corrected chi connectivity index (χ1v) is 7.44. The van der Waals surface area contributed by atoms with Gasteiger partial charge in [-0.05, 0) is 43.7 Å². The topological polar surface area (TPSA) is 39.4 Å². The summed E-state index contributed by atoms with van der Waals surface area (Å²) in [5.74, 6) is 0.572. The Bertz CT molecular complexity index is 896. The molecule has 22 heavy (non-hydrogen) atoms. The summed E-state index contributed by atoms with van der Waals surface area (Å²) in [6.45, 7) is 4.15. The van der Waals surface area contributed by atoms with Gasteiger partial charge in [0.1, 0.15) is 5.58 Å². The molecule has 0 N–H and O–H groups in total. The highest BCUT2D eigenvalue weighted by molar-refractivity contribution is 6.33. The molecule has 0 saturated heterocycles. The van der Waals surface area contributed by atoms with E-state index in [1.165, 1.54) is 0 Å². The van der Waals surface area contributed by atoms with E-state index >= 15 is 0 Å². The maximum Gasteiger partial charge on any atom is 0.235 e. The predicted octanol–water partition coefficient (Wildman–Crippen LogP) is 4.82. The van der Waals surface area contributed by atoms with Gasteiger partial charge in [0, 0.05) is 5.56 Å². The molecule has 0 aliphatic carbocycles. The number of benzene rings is 2. The van der Waals surface area contributed by atoms with Gasteiger partial charge < -0.3 is 9.15 Å². The predicted molar refractivity (Wildman–Crippen MR) is 88.8 cm³/mol. The minimum atomic E-state index is -0.182. The Hall–Kier alpha value is -2.26. The van der Waals surface area contributed by atoms with Crippen LogP contribution < -0.4 is 10.2 Å². The Balaban J connectivity index is 2.39. The second-order valence-electron chi connectivity index (χ2n) is 5.00. The smallest absolute Gasteiger partial charge is 0.235 e. The van der Waals surface area contributed by atoms with Crippen LogP contribution in [0.1, 0.15) is 12.5 Å². The average Bonchev–Trinajstić information content (AvgIpc) is 2.50. The van der Waals surface area contributed by atoms with Gasteiger partial charge >= 0.3 is 0 Å². The number of rotatable bonds is 3. The second kappa shape index (κ2) is 5.85. The van der Waals surface area contributed by atoms with Gasteiger partial charge in [-0.15, -0.1) is 0 Å². The molecular weight excluding hydrogens is 300 g/mol. The van der Waals surface area contributed by atoms with Crippen molar-refractivity contribution in [2.75, 3.05) is 6.61 Å². The van der Waals surface area contributed by atoms with E-state index < -0.39 is 0 Å². The van der Waals surface area contributed by atoms with Gasteiger partial charge in [0.15, 0.2) is 5.76 Å². The van der Waals surface area contributed by atoms with Gasteiger partial charge in [0.2, 0.25) is 11.2 Å². The summed E-state index contributed by atoms with van der Waals surface area (Å²) in [7, 11) is 0. The number of hydrogen-bond acceptors (Lipinski definition) is 3. The molecular formula is C18H15ClO3. The molecule has 0 bridgehead atoms. The Kier molecular flexibility index (Phi) is 3.90. The molecule has 3 nitrogen and oxygen atoms in total. The van der Waals surface area contributed by atoms with Crippen LogP contribution in [0.4, 0.5) is 0 Å². The fraction of sp³-hybridized carbons (Fsp3) is 0.167. The van der Waals surface area contributed by atoms with Crippen molar-refractivity contribution in [3.63, 3.8) is 0 Å². The van der Waals surface area contributed by atoms with Crippen LogP contribution in [0.15, 0.2) is 51.7 Å². The minimum absolute atomic E-state index is 0.182. The molecule has 0 aliphatic heterocycles. The van der Waals surface area contributed by atoms with Crippen molar-refractivity contribution in [2.45, 2.75) is 13.8 Å². The third-order valence-electron chi connectivity index (χ3n) is 3.41. The fourth-order valence-electron chi connectivity index (χ4n) is 2.38. The molecule has 112 valence electrons.